The minimum absolute atomic E-state index is 0.0192. The smallest absolute Gasteiger partial charge is 0.164 e. The zero-order valence-electron chi connectivity index (χ0n) is 25.0. The fourth-order valence-electron chi connectivity index (χ4n) is 7.02. The van der Waals surface area contributed by atoms with Crippen LogP contribution in [0.2, 0.25) is 0 Å². The van der Waals surface area contributed by atoms with E-state index in [1.54, 1.807) is 0 Å². The molecular weight excluding hydrogens is 534 g/mol. The lowest BCUT2D eigenvalue weighted by Gasteiger charge is -2.44. The van der Waals surface area contributed by atoms with Crippen molar-refractivity contribution in [1.29, 1.82) is 0 Å². The van der Waals surface area contributed by atoms with Gasteiger partial charge in [-0.25, -0.2) is 15.0 Å². The minimum atomic E-state index is 0.0192. The van der Waals surface area contributed by atoms with Crippen LogP contribution in [0, 0.1) is 17.3 Å². The van der Waals surface area contributed by atoms with Crippen molar-refractivity contribution < 1.29 is 0 Å². The van der Waals surface area contributed by atoms with E-state index in [4.69, 9.17) is 15.0 Å². The second-order valence-corrected chi connectivity index (χ2v) is 12.3. The van der Waals surface area contributed by atoms with Crippen molar-refractivity contribution in [3.63, 3.8) is 0 Å². The third-order valence-corrected chi connectivity index (χ3v) is 9.78. The first-order valence-corrected chi connectivity index (χ1v) is 15.5. The molecule has 212 valence electrons. The van der Waals surface area contributed by atoms with Crippen molar-refractivity contribution >= 4 is 27.1 Å². The summed E-state index contributed by atoms with van der Waals surface area (Å²) in [5, 5.41) is 4.80. The first-order valence-electron chi connectivity index (χ1n) is 15.5. The zero-order valence-corrected chi connectivity index (χ0v) is 25.0. The summed E-state index contributed by atoms with van der Waals surface area (Å²) in [6.07, 6.45) is 12.5. The Hall–Kier alpha value is -5.15. The number of benzene rings is 5. The van der Waals surface area contributed by atoms with Gasteiger partial charge in [0.15, 0.2) is 17.5 Å². The van der Waals surface area contributed by atoms with Crippen LogP contribution in [-0.4, -0.2) is 15.0 Å². The standard InChI is InChI=1S/C41H33N3/c1-27-11-7-21-37-36(20-10-26-41(27,37)2)40-43-38(42-39(44-40)35-19-9-15-29-13-4-6-17-34(29)35)31-24-22-30(23-25-31)33-18-8-14-28-12-3-5-16-32(28)33/h3-10,12-27,37H,11H2,1-2H3. The average molecular weight is 568 g/mol. The van der Waals surface area contributed by atoms with Gasteiger partial charge in [-0.1, -0.05) is 153 Å². The van der Waals surface area contributed by atoms with Crippen LogP contribution in [0.4, 0.5) is 0 Å². The SMILES string of the molecule is CC1CC=CC2C(c3nc(-c4ccc(-c5cccc6ccccc56)cc4)nc(-c4cccc5ccccc45)n3)=CC=CC12C. The number of hydrogen-bond acceptors (Lipinski definition) is 3. The van der Waals surface area contributed by atoms with Gasteiger partial charge in [-0.05, 0) is 50.4 Å². The highest BCUT2D eigenvalue weighted by atomic mass is 15.0. The summed E-state index contributed by atoms with van der Waals surface area (Å²) in [7, 11) is 0. The van der Waals surface area contributed by atoms with Crippen LogP contribution in [0.25, 0.3) is 61.0 Å². The Labute approximate surface area is 258 Å². The largest absolute Gasteiger partial charge is 0.208 e. The predicted octanol–water partition coefficient (Wildman–Crippen LogP) is 10.4. The van der Waals surface area contributed by atoms with Gasteiger partial charge in [-0.3, -0.25) is 0 Å². The Morgan fingerprint density at radius 2 is 1.20 bits per heavy atom. The summed E-state index contributed by atoms with van der Waals surface area (Å²) in [5.41, 5.74) is 5.55. The maximum Gasteiger partial charge on any atom is 0.164 e. The van der Waals surface area contributed by atoms with Crippen molar-refractivity contribution in [3.8, 4) is 33.9 Å². The summed E-state index contributed by atoms with van der Waals surface area (Å²) in [6.45, 7) is 4.72. The molecule has 3 heteroatoms. The number of fused-ring (bicyclic) bond motifs is 3. The monoisotopic (exact) mass is 567 g/mol. The van der Waals surface area contributed by atoms with E-state index in [9.17, 15) is 0 Å². The van der Waals surface area contributed by atoms with Gasteiger partial charge in [0.2, 0.25) is 0 Å². The third kappa shape index (κ3) is 4.39. The Balaban J connectivity index is 1.28. The molecule has 0 spiro atoms. The highest BCUT2D eigenvalue weighted by Crippen LogP contribution is 2.50. The molecule has 2 aliphatic carbocycles. The van der Waals surface area contributed by atoms with Crippen molar-refractivity contribution in [2.45, 2.75) is 20.3 Å². The van der Waals surface area contributed by atoms with Crippen LogP contribution in [0.5, 0.6) is 0 Å². The molecule has 1 heterocycles. The Morgan fingerprint density at radius 3 is 1.95 bits per heavy atom. The fourth-order valence-corrected chi connectivity index (χ4v) is 7.02. The summed E-state index contributed by atoms with van der Waals surface area (Å²) in [6, 6.07) is 38.5. The summed E-state index contributed by atoms with van der Waals surface area (Å²) < 4.78 is 0. The van der Waals surface area contributed by atoms with E-state index in [0.29, 0.717) is 17.6 Å². The molecule has 5 aromatic carbocycles. The minimum Gasteiger partial charge on any atom is -0.208 e. The first-order chi connectivity index (χ1) is 21.6. The van der Waals surface area contributed by atoms with Gasteiger partial charge in [0.1, 0.15) is 0 Å². The molecule has 44 heavy (non-hydrogen) atoms. The van der Waals surface area contributed by atoms with Gasteiger partial charge in [-0.15, -0.1) is 0 Å². The van der Waals surface area contributed by atoms with Crippen LogP contribution >= 0.6 is 0 Å². The predicted molar refractivity (Wildman–Crippen MR) is 183 cm³/mol. The zero-order chi connectivity index (χ0) is 29.7. The number of nitrogens with zero attached hydrogens (tertiary/aromatic N) is 3. The van der Waals surface area contributed by atoms with Gasteiger partial charge in [-0.2, -0.15) is 0 Å². The number of aromatic nitrogens is 3. The van der Waals surface area contributed by atoms with E-state index in [1.807, 2.05) is 0 Å². The van der Waals surface area contributed by atoms with Gasteiger partial charge in [0, 0.05) is 22.6 Å². The van der Waals surface area contributed by atoms with Gasteiger partial charge < -0.3 is 0 Å². The first kappa shape index (κ1) is 26.5. The normalized spacial score (nSPS) is 20.9. The molecule has 8 rings (SSSR count). The molecule has 0 fully saturated rings. The maximum absolute atomic E-state index is 5.19. The highest BCUT2D eigenvalue weighted by molar-refractivity contribution is 5.97. The molecule has 0 amide bonds. The summed E-state index contributed by atoms with van der Waals surface area (Å²) >= 11 is 0. The molecule has 3 atom stereocenters. The molecule has 0 N–H and O–H groups in total. The van der Waals surface area contributed by atoms with Crippen LogP contribution in [-0.2, 0) is 0 Å². The molecule has 0 saturated carbocycles. The molecule has 2 aliphatic rings. The van der Waals surface area contributed by atoms with E-state index >= 15 is 0 Å². The number of hydrogen-bond donors (Lipinski definition) is 0. The Kier molecular flexibility index (Phi) is 6.34. The third-order valence-electron chi connectivity index (χ3n) is 9.78. The molecule has 0 saturated heterocycles. The van der Waals surface area contributed by atoms with Crippen molar-refractivity contribution in [2.24, 2.45) is 17.3 Å². The quantitative estimate of drug-likeness (QED) is 0.199. The van der Waals surface area contributed by atoms with Crippen LogP contribution < -0.4 is 0 Å². The van der Waals surface area contributed by atoms with E-state index in [2.05, 4.69) is 153 Å². The van der Waals surface area contributed by atoms with E-state index in [-0.39, 0.29) is 11.3 Å². The fraction of sp³-hybridized carbons (Fsp3) is 0.146. The lowest BCUT2D eigenvalue weighted by Crippen LogP contribution is -2.35. The van der Waals surface area contributed by atoms with Crippen molar-refractivity contribution in [1.82, 2.24) is 15.0 Å². The molecular formula is C41H33N3. The molecule has 3 unspecified atom stereocenters. The van der Waals surface area contributed by atoms with Crippen molar-refractivity contribution in [3.05, 3.63) is 145 Å². The van der Waals surface area contributed by atoms with Gasteiger partial charge in [0.25, 0.3) is 0 Å². The highest BCUT2D eigenvalue weighted by Gasteiger charge is 2.41. The average Bonchev–Trinajstić information content (AvgIpc) is 3.08. The van der Waals surface area contributed by atoms with E-state index in [1.165, 1.54) is 27.3 Å². The Bertz CT molecular complexity index is 2130. The van der Waals surface area contributed by atoms with E-state index < -0.39 is 0 Å². The maximum atomic E-state index is 5.19. The molecule has 0 radical (unpaired) electrons. The molecule has 1 aromatic heterocycles. The number of rotatable bonds is 4. The topological polar surface area (TPSA) is 38.7 Å². The molecule has 0 aliphatic heterocycles. The van der Waals surface area contributed by atoms with Crippen LogP contribution in [0.3, 0.4) is 0 Å². The summed E-state index contributed by atoms with van der Waals surface area (Å²) in [5.74, 6) is 2.87. The van der Waals surface area contributed by atoms with Crippen LogP contribution in [0.15, 0.2) is 140 Å². The Morgan fingerprint density at radius 1 is 0.614 bits per heavy atom. The van der Waals surface area contributed by atoms with Gasteiger partial charge in [0.05, 0.1) is 0 Å². The van der Waals surface area contributed by atoms with E-state index in [0.717, 1.165) is 34.3 Å². The van der Waals surface area contributed by atoms with Crippen LogP contribution in [0.1, 0.15) is 26.1 Å². The second kappa shape index (κ2) is 10.5. The van der Waals surface area contributed by atoms with Crippen molar-refractivity contribution in [2.75, 3.05) is 0 Å². The second-order valence-electron chi connectivity index (χ2n) is 12.3. The molecule has 3 nitrogen and oxygen atoms in total. The van der Waals surface area contributed by atoms with Gasteiger partial charge >= 0.3 is 0 Å². The molecule has 0 bridgehead atoms. The molecule has 6 aromatic rings. The lowest BCUT2D eigenvalue weighted by molar-refractivity contribution is 0.222. The number of allylic oxidation sites excluding steroid dienone is 6. The lowest BCUT2D eigenvalue weighted by atomic mass is 9.60. The summed E-state index contributed by atoms with van der Waals surface area (Å²) in [4.78, 5) is 15.5.